The van der Waals surface area contributed by atoms with Crippen LogP contribution in [0.3, 0.4) is 0 Å². The molecule has 0 amide bonds. The van der Waals surface area contributed by atoms with Crippen LogP contribution in [0.15, 0.2) is 41.7 Å². The van der Waals surface area contributed by atoms with E-state index >= 15 is 0 Å². The first-order valence-electron chi connectivity index (χ1n) is 8.86. The zero-order valence-corrected chi connectivity index (χ0v) is 18.6. The Balaban J connectivity index is 0.00000364. The second kappa shape index (κ2) is 13.4. The Morgan fingerprint density at radius 2 is 2.11 bits per heavy atom. The monoisotopic (exact) mass is 487 g/mol. The summed E-state index contributed by atoms with van der Waals surface area (Å²) in [5, 5.41) is 10.8. The van der Waals surface area contributed by atoms with Gasteiger partial charge in [0.15, 0.2) is 5.96 Å². The van der Waals surface area contributed by atoms with Gasteiger partial charge >= 0.3 is 0 Å². The van der Waals surface area contributed by atoms with Crippen LogP contribution in [0.4, 0.5) is 0 Å². The molecule has 0 aliphatic carbocycles. The molecule has 1 heterocycles. The van der Waals surface area contributed by atoms with Gasteiger partial charge in [0.1, 0.15) is 5.75 Å². The Bertz CT molecular complexity index is 677. The Labute approximate surface area is 178 Å². The van der Waals surface area contributed by atoms with Crippen LogP contribution in [-0.4, -0.2) is 49.7 Å². The molecule has 0 atom stereocenters. The lowest BCUT2D eigenvalue weighted by molar-refractivity contribution is 0.172. The van der Waals surface area contributed by atoms with Crippen LogP contribution < -0.4 is 15.4 Å². The highest BCUT2D eigenvalue weighted by molar-refractivity contribution is 14.0. The minimum absolute atomic E-state index is 0. The summed E-state index contributed by atoms with van der Waals surface area (Å²) in [5.41, 5.74) is 2.28. The molecule has 0 saturated heterocycles. The number of hydrogen-bond acceptors (Lipinski definition) is 4. The van der Waals surface area contributed by atoms with Gasteiger partial charge in [0.2, 0.25) is 0 Å². The number of rotatable bonds is 10. The topological polar surface area (TPSA) is 72.7 Å². The van der Waals surface area contributed by atoms with Crippen molar-refractivity contribution in [1.29, 1.82) is 0 Å². The third-order valence-corrected chi connectivity index (χ3v) is 3.84. The van der Waals surface area contributed by atoms with Crippen molar-refractivity contribution in [2.24, 2.45) is 4.99 Å². The number of halogens is 1. The average Bonchev–Trinajstić information content (AvgIpc) is 3.16. The van der Waals surface area contributed by atoms with E-state index in [1.807, 2.05) is 16.9 Å². The fraction of sp³-hybridized carbons (Fsp3) is 0.474. The minimum Gasteiger partial charge on any atom is -0.493 e. The van der Waals surface area contributed by atoms with Gasteiger partial charge in [-0.3, -0.25) is 9.67 Å². The second-order valence-corrected chi connectivity index (χ2v) is 5.93. The number of nitrogens with zero attached hydrogens (tertiary/aromatic N) is 3. The molecule has 150 valence electrons. The van der Waals surface area contributed by atoms with E-state index in [1.54, 1.807) is 20.4 Å². The molecule has 0 saturated carbocycles. The van der Waals surface area contributed by atoms with Gasteiger partial charge in [-0.15, -0.1) is 24.0 Å². The molecule has 0 aliphatic rings. The first kappa shape index (κ1) is 23.2. The molecule has 2 rings (SSSR count). The molecular formula is C19H30IN5O2. The summed E-state index contributed by atoms with van der Waals surface area (Å²) in [4.78, 5) is 4.26. The summed E-state index contributed by atoms with van der Waals surface area (Å²) in [7, 11) is 3.47. The van der Waals surface area contributed by atoms with Crippen molar-refractivity contribution in [2.75, 3.05) is 33.9 Å². The van der Waals surface area contributed by atoms with E-state index in [0.717, 1.165) is 36.8 Å². The maximum absolute atomic E-state index is 5.92. The van der Waals surface area contributed by atoms with Crippen LogP contribution in [0.2, 0.25) is 0 Å². The molecule has 27 heavy (non-hydrogen) atoms. The van der Waals surface area contributed by atoms with Gasteiger partial charge < -0.3 is 20.1 Å². The van der Waals surface area contributed by atoms with Gasteiger partial charge in [-0.2, -0.15) is 5.10 Å². The molecule has 0 aliphatic heterocycles. The average molecular weight is 487 g/mol. The van der Waals surface area contributed by atoms with Crippen molar-refractivity contribution in [3.05, 3.63) is 47.8 Å². The van der Waals surface area contributed by atoms with E-state index in [-0.39, 0.29) is 24.0 Å². The molecular weight excluding hydrogens is 457 g/mol. The van der Waals surface area contributed by atoms with Gasteiger partial charge in [-0.1, -0.05) is 12.1 Å². The number of aryl methyl sites for hydroxylation is 1. The molecule has 0 fully saturated rings. The number of aromatic nitrogens is 2. The Morgan fingerprint density at radius 1 is 1.26 bits per heavy atom. The van der Waals surface area contributed by atoms with Crippen molar-refractivity contribution in [3.8, 4) is 5.75 Å². The van der Waals surface area contributed by atoms with Crippen LogP contribution >= 0.6 is 24.0 Å². The normalized spacial score (nSPS) is 11.0. The van der Waals surface area contributed by atoms with E-state index in [2.05, 4.69) is 45.8 Å². The predicted octanol–water partition coefficient (Wildman–Crippen LogP) is 2.59. The van der Waals surface area contributed by atoms with Crippen molar-refractivity contribution in [2.45, 2.75) is 26.4 Å². The molecule has 1 aromatic heterocycles. The summed E-state index contributed by atoms with van der Waals surface area (Å²) in [6.07, 6.45) is 4.59. The standard InChI is InChI=1S/C19H29N5O2.HI/c1-16-6-7-17(18(14-16)26-13-5-12-25-3)15-22-19(20-2)21-9-11-24-10-4-8-23-24;/h4,6-8,10,14H,5,9,11-13,15H2,1-3H3,(H2,20,21,22);1H. The van der Waals surface area contributed by atoms with Crippen molar-refractivity contribution < 1.29 is 9.47 Å². The SMILES string of the molecule is CN=C(NCCn1cccn1)NCc1ccc(C)cc1OCCCOC.I. The van der Waals surface area contributed by atoms with E-state index < -0.39 is 0 Å². The molecule has 0 unspecified atom stereocenters. The zero-order valence-electron chi connectivity index (χ0n) is 16.3. The molecule has 7 nitrogen and oxygen atoms in total. The lowest BCUT2D eigenvalue weighted by Gasteiger charge is -2.15. The molecule has 1 aromatic carbocycles. The quantitative estimate of drug-likeness (QED) is 0.233. The van der Waals surface area contributed by atoms with Crippen LogP contribution in [-0.2, 0) is 17.8 Å². The summed E-state index contributed by atoms with van der Waals surface area (Å²) in [6.45, 7) is 5.57. The number of nitrogens with one attached hydrogen (secondary N) is 2. The first-order chi connectivity index (χ1) is 12.7. The summed E-state index contributed by atoms with van der Waals surface area (Å²) in [5.74, 6) is 1.66. The van der Waals surface area contributed by atoms with E-state index in [0.29, 0.717) is 19.8 Å². The van der Waals surface area contributed by atoms with Gasteiger partial charge in [-0.25, -0.2) is 0 Å². The number of aliphatic imine (C=N–C) groups is 1. The largest absolute Gasteiger partial charge is 0.493 e. The third kappa shape index (κ3) is 8.61. The number of ether oxygens (including phenoxy) is 2. The summed E-state index contributed by atoms with van der Waals surface area (Å²) >= 11 is 0. The van der Waals surface area contributed by atoms with Crippen LogP contribution in [0.5, 0.6) is 5.75 Å². The maximum atomic E-state index is 5.92. The Hall–Kier alpha value is -1.81. The smallest absolute Gasteiger partial charge is 0.191 e. The van der Waals surface area contributed by atoms with Gasteiger partial charge in [-0.05, 0) is 24.6 Å². The summed E-state index contributed by atoms with van der Waals surface area (Å²) in [6, 6.07) is 8.16. The van der Waals surface area contributed by atoms with Gasteiger partial charge in [0.25, 0.3) is 0 Å². The number of benzene rings is 1. The molecule has 0 bridgehead atoms. The van der Waals surface area contributed by atoms with Gasteiger partial charge in [0.05, 0.1) is 13.2 Å². The third-order valence-electron chi connectivity index (χ3n) is 3.84. The second-order valence-electron chi connectivity index (χ2n) is 5.93. The maximum Gasteiger partial charge on any atom is 0.191 e. The molecule has 0 spiro atoms. The molecule has 8 heteroatoms. The highest BCUT2D eigenvalue weighted by Gasteiger charge is 2.06. The lowest BCUT2D eigenvalue weighted by Crippen LogP contribution is -2.38. The predicted molar refractivity (Wildman–Crippen MR) is 119 cm³/mol. The van der Waals surface area contributed by atoms with Crippen molar-refractivity contribution in [3.63, 3.8) is 0 Å². The number of hydrogen-bond donors (Lipinski definition) is 2. The molecule has 2 aromatic rings. The highest BCUT2D eigenvalue weighted by atomic mass is 127. The van der Waals surface area contributed by atoms with E-state index in [1.165, 1.54) is 5.56 Å². The molecule has 0 radical (unpaired) electrons. The summed E-state index contributed by atoms with van der Waals surface area (Å²) < 4.78 is 12.9. The Kier molecular flexibility index (Phi) is 11.5. The van der Waals surface area contributed by atoms with Crippen LogP contribution in [0.25, 0.3) is 0 Å². The lowest BCUT2D eigenvalue weighted by atomic mass is 10.1. The minimum atomic E-state index is 0. The van der Waals surface area contributed by atoms with Crippen LogP contribution in [0, 0.1) is 6.92 Å². The number of methoxy groups -OCH3 is 1. The van der Waals surface area contributed by atoms with Crippen LogP contribution in [0.1, 0.15) is 17.5 Å². The fourth-order valence-electron chi connectivity index (χ4n) is 2.45. The van der Waals surface area contributed by atoms with E-state index in [9.17, 15) is 0 Å². The van der Waals surface area contributed by atoms with Crippen molar-refractivity contribution >= 4 is 29.9 Å². The fourth-order valence-corrected chi connectivity index (χ4v) is 2.45. The number of guanidine groups is 1. The van der Waals surface area contributed by atoms with E-state index in [4.69, 9.17) is 9.47 Å². The molecule has 2 N–H and O–H groups in total. The zero-order chi connectivity index (χ0) is 18.6. The highest BCUT2D eigenvalue weighted by Crippen LogP contribution is 2.20. The first-order valence-corrected chi connectivity index (χ1v) is 8.86. The van der Waals surface area contributed by atoms with Crippen molar-refractivity contribution in [1.82, 2.24) is 20.4 Å². The Morgan fingerprint density at radius 3 is 2.81 bits per heavy atom. The van der Waals surface area contributed by atoms with Gasteiger partial charge in [0, 0.05) is 58.2 Å².